The van der Waals surface area contributed by atoms with Gasteiger partial charge in [-0.15, -0.1) is 6.58 Å². The molecular weight excluding hydrogens is 406 g/mol. The van der Waals surface area contributed by atoms with Crippen molar-refractivity contribution in [1.29, 1.82) is 0 Å². The molecule has 0 unspecified atom stereocenters. The van der Waals surface area contributed by atoms with Crippen molar-refractivity contribution in [1.82, 2.24) is 0 Å². The summed E-state index contributed by atoms with van der Waals surface area (Å²) in [5, 5.41) is 0. The Morgan fingerprint density at radius 3 is 2.16 bits per heavy atom. The monoisotopic (exact) mass is 440 g/mol. The maximum atomic E-state index is 13.5. The minimum absolute atomic E-state index is 0.0141. The van der Waals surface area contributed by atoms with Crippen LogP contribution in [0.15, 0.2) is 55.1 Å². The van der Waals surface area contributed by atoms with Crippen molar-refractivity contribution in [3.05, 3.63) is 72.3 Å². The van der Waals surface area contributed by atoms with Crippen molar-refractivity contribution in [2.24, 2.45) is 17.8 Å². The molecule has 2 aliphatic rings. The van der Waals surface area contributed by atoms with E-state index >= 15 is 0 Å². The van der Waals surface area contributed by atoms with Crippen LogP contribution < -0.4 is 0 Å². The summed E-state index contributed by atoms with van der Waals surface area (Å²) in [6.45, 7) is 5.43. The zero-order valence-electron chi connectivity index (χ0n) is 18.8. The van der Waals surface area contributed by atoms with E-state index in [4.69, 9.17) is 9.47 Å². The van der Waals surface area contributed by atoms with Gasteiger partial charge in [0.05, 0.1) is 13.2 Å². The molecule has 1 aliphatic carbocycles. The number of ether oxygens (including phenoxy) is 2. The third-order valence-corrected chi connectivity index (χ3v) is 7.10. The Balaban J connectivity index is 1.19. The Bertz CT molecular complexity index is 864. The van der Waals surface area contributed by atoms with E-state index in [2.05, 4.69) is 18.7 Å². The van der Waals surface area contributed by atoms with Crippen molar-refractivity contribution < 1.29 is 18.3 Å². The maximum absolute atomic E-state index is 13.5. The smallest absolute Gasteiger partial charge is 0.160 e. The minimum Gasteiger partial charge on any atom is -0.352 e. The molecule has 0 amide bonds. The molecule has 0 spiro atoms. The summed E-state index contributed by atoms with van der Waals surface area (Å²) >= 11 is 0. The van der Waals surface area contributed by atoms with Gasteiger partial charge in [0.2, 0.25) is 0 Å². The molecule has 0 aromatic heterocycles. The number of benzene rings is 2. The van der Waals surface area contributed by atoms with Crippen LogP contribution in [0.3, 0.4) is 0 Å². The average Bonchev–Trinajstić information content (AvgIpc) is 2.84. The second kappa shape index (κ2) is 11.2. The Hall–Kier alpha value is -2.04. The van der Waals surface area contributed by atoms with Crippen LogP contribution in [0.25, 0.3) is 11.1 Å². The SMILES string of the molecule is C=CCCC1COC(C2CCC(CCc3ccc(-c4ccc(F)c(F)c4)cc3)CC2)OC1. The van der Waals surface area contributed by atoms with Gasteiger partial charge in [0.15, 0.2) is 17.9 Å². The standard InChI is InChI=1S/C28H34F2O2/c1-2-3-4-22-18-31-28(32-19-22)24-13-9-21(10-14-24)6-5-20-7-11-23(12-8-20)25-15-16-26(29)27(30)17-25/h2,7-8,11-12,15-17,21-22,24,28H,1,3-6,9-10,13-14,18-19H2. The number of halogens is 2. The molecule has 32 heavy (non-hydrogen) atoms. The fourth-order valence-corrected chi connectivity index (χ4v) is 5.01. The van der Waals surface area contributed by atoms with Gasteiger partial charge in [-0.3, -0.25) is 0 Å². The van der Waals surface area contributed by atoms with E-state index < -0.39 is 11.6 Å². The van der Waals surface area contributed by atoms with E-state index in [0.29, 0.717) is 17.4 Å². The lowest BCUT2D eigenvalue weighted by Gasteiger charge is -2.37. The van der Waals surface area contributed by atoms with Crippen LogP contribution in [0.5, 0.6) is 0 Å². The third-order valence-electron chi connectivity index (χ3n) is 7.10. The van der Waals surface area contributed by atoms with Gasteiger partial charge in [-0.25, -0.2) is 8.78 Å². The van der Waals surface area contributed by atoms with Crippen LogP contribution >= 0.6 is 0 Å². The highest BCUT2D eigenvalue weighted by Gasteiger charge is 2.32. The highest BCUT2D eigenvalue weighted by molar-refractivity contribution is 5.63. The van der Waals surface area contributed by atoms with E-state index in [1.54, 1.807) is 6.07 Å². The largest absolute Gasteiger partial charge is 0.352 e. The van der Waals surface area contributed by atoms with Crippen molar-refractivity contribution in [3.63, 3.8) is 0 Å². The fraction of sp³-hybridized carbons (Fsp3) is 0.500. The first-order valence-corrected chi connectivity index (χ1v) is 12.0. The Morgan fingerprint density at radius 2 is 1.50 bits per heavy atom. The second-order valence-corrected chi connectivity index (χ2v) is 9.41. The molecule has 0 bridgehead atoms. The van der Waals surface area contributed by atoms with E-state index in [9.17, 15) is 8.78 Å². The minimum atomic E-state index is -0.811. The van der Waals surface area contributed by atoms with Gasteiger partial charge in [0, 0.05) is 11.8 Å². The van der Waals surface area contributed by atoms with Gasteiger partial charge in [-0.2, -0.15) is 0 Å². The molecule has 4 rings (SSSR count). The zero-order chi connectivity index (χ0) is 22.3. The van der Waals surface area contributed by atoms with Crippen LogP contribution in [0.1, 0.15) is 50.5 Å². The topological polar surface area (TPSA) is 18.5 Å². The summed E-state index contributed by atoms with van der Waals surface area (Å²) in [7, 11) is 0. The molecule has 1 saturated carbocycles. The van der Waals surface area contributed by atoms with Gasteiger partial charge < -0.3 is 9.47 Å². The summed E-state index contributed by atoms with van der Waals surface area (Å²) in [5.41, 5.74) is 2.91. The molecule has 0 N–H and O–H groups in total. The molecule has 2 nitrogen and oxygen atoms in total. The van der Waals surface area contributed by atoms with Crippen molar-refractivity contribution in [3.8, 4) is 11.1 Å². The predicted octanol–water partition coefficient (Wildman–Crippen LogP) is 7.33. The first kappa shape index (κ1) is 23.1. The van der Waals surface area contributed by atoms with Crippen molar-refractivity contribution in [2.75, 3.05) is 13.2 Å². The van der Waals surface area contributed by atoms with Crippen LogP contribution in [0.2, 0.25) is 0 Å². The average molecular weight is 441 g/mol. The lowest BCUT2D eigenvalue weighted by Crippen LogP contribution is -2.38. The molecule has 0 radical (unpaired) electrons. The van der Waals surface area contributed by atoms with Gasteiger partial charge in [0.1, 0.15) is 0 Å². The number of allylic oxidation sites excluding steroid dienone is 1. The zero-order valence-corrected chi connectivity index (χ0v) is 18.8. The molecule has 2 aromatic carbocycles. The number of hydrogen-bond donors (Lipinski definition) is 0. The van der Waals surface area contributed by atoms with Gasteiger partial charge in [0.25, 0.3) is 0 Å². The van der Waals surface area contributed by atoms with Gasteiger partial charge >= 0.3 is 0 Å². The summed E-state index contributed by atoms with van der Waals surface area (Å²) in [6.07, 6.45) is 11.2. The molecule has 172 valence electrons. The highest BCUT2D eigenvalue weighted by Crippen LogP contribution is 2.36. The van der Waals surface area contributed by atoms with Gasteiger partial charge in [-0.05, 0) is 86.1 Å². The molecule has 4 heteroatoms. The lowest BCUT2D eigenvalue weighted by atomic mass is 9.79. The number of aryl methyl sites for hydroxylation is 1. The quantitative estimate of drug-likeness (QED) is 0.400. The molecule has 1 heterocycles. The number of hydrogen-bond acceptors (Lipinski definition) is 2. The second-order valence-electron chi connectivity index (χ2n) is 9.41. The summed E-state index contributed by atoms with van der Waals surface area (Å²) in [6, 6.07) is 12.3. The van der Waals surface area contributed by atoms with Crippen LogP contribution in [0.4, 0.5) is 8.78 Å². The Labute approximate surface area is 190 Å². The highest BCUT2D eigenvalue weighted by atomic mass is 19.2. The molecular formula is C28H34F2O2. The van der Waals surface area contributed by atoms with Crippen LogP contribution in [-0.2, 0) is 15.9 Å². The molecule has 1 saturated heterocycles. The molecule has 2 fully saturated rings. The fourth-order valence-electron chi connectivity index (χ4n) is 5.01. The van der Waals surface area contributed by atoms with E-state index in [1.807, 2.05) is 18.2 Å². The normalized spacial score (nSPS) is 26.1. The van der Waals surface area contributed by atoms with E-state index in [-0.39, 0.29) is 6.29 Å². The Morgan fingerprint density at radius 1 is 0.812 bits per heavy atom. The predicted molar refractivity (Wildman–Crippen MR) is 124 cm³/mol. The van der Waals surface area contributed by atoms with Crippen LogP contribution in [0, 0.1) is 29.4 Å². The summed E-state index contributed by atoms with van der Waals surface area (Å²) in [4.78, 5) is 0. The molecule has 1 aliphatic heterocycles. The van der Waals surface area contributed by atoms with Crippen molar-refractivity contribution >= 4 is 0 Å². The summed E-state index contributed by atoms with van der Waals surface area (Å²) in [5.74, 6) is 0.172. The number of rotatable bonds is 8. The summed E-state index contributed by atoms with van der Waals surface area (Å²) < 4.78 is 38.7. The first-order chi connectivity index (χ1) is 15.6. The van der Waals surface area contributed by atoms with Gasteiger partial charge in [-0.1, -0.05) is 36.4 Å². The molecule has 0 atom stereocenters. The van der Waals surface area contributed by atoms with E-state index in [0.717, 1.165) is 44.0 Å². The first-order valence-electron chi connectivity index (χ1n) is 12.0. The third kappa shape index (κ3) is 6.05. The Kier molecular flexibility index (Phi) is 8.10. The van der Waals surface area contributed by atoms with E-state index in [1.165, 1.54) is 49.8 Å². The van der Waals surface area contributed by atoms with Crippen LogP contribution in [-0.4, -0.2) is 19.5 Å². The maximum Gasteiger partial charge on any atom is 0.160 e. The molecule has 2 aromatic rings. The van der Waals surface area contributed by atoms with Crippen molar-refractivity contribution in [2.45, 2.75) is 57.7 Å². The lowest BCUT2D eigenvalue weighted by molar-refractivity contribution is -0.229.